The quantitative estimate of drug-likeness (QED) is 0.676. The van der Waals surface area contributed by atoms with Crippen LogP contribution in [0.2, 0.25) is 0 Å². The van der Waals surface area contributed by atoms with Crippen molar-refractivity contribution in [1.82, 2.24) is 5.32 Å². The number of allylic oxidation sites excluding steroid dienone is 2. The van der Waals surface area contributed by atoms with E-state index in [4.69, 9.17) is 0 Å². The summed E-state index contributed by atoms with van der Waals surface area (Å²) in [5.41, 5.74) is 1.18. The normalized spacial score (nSPS) is 28.1. The third kappa shape index (κ3) is 3.67. The van der Waals surface area contributed by atoms with Gasteiger partial charge in [-0.2, -0.15) is 0 Å². The van der Waals surface area contributed by atoms with Crippen LogP contribution in [0.3, 0.4) is 0 Å². The number of hydrogen-bond acceptors (Lipinski definition) is 1. The second-order valence-electron chi connectivity index (χ2n) is 4.40. The van der Waals surface area contributed by atoms with Crippen LogP contribution in [0.15, 0.2) is 24.8 Å². The highest BCUT2D eigenvalue weighted by molar-refractivity contribution is 5.10. The topological polar surface area (TPSA) is 12.0 Å². The van der Waals surface area contributed by atoms with Gasteiger partial charge >= 0.3 is 0 Å². The highest BCUT2D eigenvalue weighted by Crippen LogP contribution is 2.23. The Kier molecular flexibility index (Phi) is 4.95. The van der Waals surface area contributed by atoms with Gasteiger partial charge in [0.25, 0.3) is 0 Å². The van der Waals surface area contributed by atoms with Gasteiger partial charge in [-0.05, 0) is 45.1 Å². The average Bonchev–Trinajstić information content (AvgIpc) is 2.39. The van der Waals surface area contributed by atoms with Crippen LogP contribution in [0.1, 0.15) is 39.0 Å². The second-order valence-corrected chi connectivity index (χ2v) is 4.40. The molecule has 2 atom stereocenters. The molecule has 2 unspecified atom stereocenters. The Morgan fingerprint density at radius 3 is 3.00 bits per heavy atom. The molecule has 1 rings (SSSR count). The summed E-state index contributed by atoms with van der Waals surface area (Å²) in [5, 5.41) is 3.58. The molecule has 14 heavy (non-hydrogen) atoms. The molecule has 1 N–H and O–H groups in total. The summed E-state index contributed by atoms with van der Waals surface area (Å²) in [6, 6.07) is 0.676. The summed E-state index contributed by atoms with van der Waals surface area (Å²) in [6.45, 7) is 11.2. The number of hydrogen-bond donors (Lipinski definition) is 1. The molecule has 0 aromatic heterocycles. The van der Waals surface area contributed by atoms with Crippen molar-refractivity contribution < 1.29 is 0 Å². The molecule has 1 aliphatic rings. The van der Waals surface area contributed by atoms with Crippen LogP contribution < -0.4 is 5.32 Å². The molecular weight excluding hydrogens is 170 g/mol. The molecule has 1 saturated heterocycles. The van der Waals surface area contributed by atoms with E-state index in [-0.39, 0.29) is 0 Å². The van der Waals surface area contributed by atoms with E-state index in [0.717, 1.165) is 12.3 Å². The predicted octanol–water partition coefficient (Wildman–Crippen LogP) is 3.29. The van der Waals surface area contributed by atoms with E-state index in [1.54, 1.807) is 0 Å². The molecule has 1 heterocycles. The first-order valence-electron chi connectivity index (χ1n) is 5.77. The van der Waals surface area contributed by atoms with Crippen LogP contribution in [-0.2, 0) is 0 Å². The van der Waals surface area contributed by atoms with Gasteiger partial charge in [0.15, 0.2) is 0 Å². The maximum Gasteiger partial charge on any atom is 0.00671 e. The van der Waals surface area contributed by atoms with Crippen LogP contribution in [0.5, 0.6) is 0 Å². The van der Waals surface area contributed by atoms with E-state index in [1.165, 1.54) is 37.8 Å². The zero-order valence-electron chi connectivity index (χ0n) is 9.39. The van der Waals surface area contributed by atoms with Gasteiger partial charge in [-0.25, -0.2) is 0 Å². The third-order valence-electron chi connectivity index (χ3n) is 3.30. The van der Waals surface area contributed by atoms with Gasteiger partial charge in [-0.3, -0.25) is 0 Å². The van der Waals surface area contributed by atoms with Crippen molar-refractivity contribution in [2.75, 3.05) is 6.54 Å². The molecule has 0 amide bonds. The van der Waals surface area contributed by atoms with Crippen molar-refractivity contribution >= 4 is 0 Å². The molecule has 0 aliphatic carbocycles. The van der Waals surface area contributed by atoms with Gasteiger partial charge in [0.1, 0.15) is 0 Å². The standard InChI is InChI=1S/C13H23N/c1-4-11(2)8-9-13-7-5-6-10-14-12(13)3/h4,12-14H,1-2,5-10H2,3H3. The molecule has 0 bridgehead atoms. The lowest BCUT2D eigenvalue weighted by atomic mass is 9.90. The van der Waals surface area contributed by atoms with Crippen molar-refractivity contribution in [3.63, 3.8) is 0 Å². The zero-order chi connectivity index (χ0) is 10.4. The Bertz CT molecular complexity index is 195. The number of rotatable bonds is 4. The van der Waals surface area contributed by atoms with Crippen molar-refractivity contribution in [1.29, 1.82) is 0 Å². The third-order valence-corrected chi connectivity index (χ3v) is 3.30. The second kappa shape index (κ2) is 6.02. The maximum atomic E-state index is 3.97. The summed E-state index contributed by atoms with van der Waals surface area (Å²) in [6.07, 6.45) is 8.35. The monoisotopic (exact) mass is 193 g/mol. The van der Waals surface area contributed by atoms with Gasteiger partial charge < -0.3 is 5.32 Å². The minimum absolute atomic E-state index is 0.676. The Morgan fingerprint density at radius 1 is 1.50 bits per heavy atom. The smallest absolute Gasteiger partial charge is 0.00671 e. The van der Waals surface area contributed by atoms with Crippen molar-refractivity contribution in [3.05, 3.63) is 24.8 Å². The molecular formula is C13H23N. The van der Waals surface area contributed by atoms with Crippen molar-refractivity contribution in [3.8, 4) is 0 Å². The summed E-state index contributed by atoms with van der Waals surface area (Å²) >= 11 is 0. The van der Waals surface area contributed by atoms with E-state index in [0.29, 0.717) is 6.04 Å². The molecule has 0 saturated carbocycles. The van der Waals surface area contributed by atoms with Gasteiger partial charge in [0.05, 0.1) is 0 Å². The molecule has 0 aromatic carbocycles. The van der Waals surface area contributed by atoms with E-state index < -0.39 is 0 Å². The van der Waals surface area contributed by atoms with Gasteiger partial charge in [-0.15, -0.1) is 0 Å². The first kappa shape index (κ1) is 11.5. The number of nitrogens with one attached hydrogen (secondary N) is 1. The van der Waals surface area contributed by atoms with E-state index in [1.807, 2.05) is 6.08 Å². The molecule has 1 aliphatic heterocycles. The SMILES string of the molecule is C=CC(=C)CCC1CCCCNC1C. The fourth-order valence-electron chi connectivity index (χ4n) is 2.15. The highest BCUT2D eigenvalue weighted by atomic mass is 14.9. The first-order valence-corrected chi connectivity index (χ1v) is 5.77. The lowest BCUT2D eigenvalue weighted by Crippen LogP contribution is -2.31. The summed E-state index contributed by atoms with van der Waals surface area (Å²) in [5.74, 6) is 0.828. The van der Waals surface area contributed by atoms with Crippen LogP contribution >= 0.6 is 0 Å². The lowest BCUT2D eigenvalue weighted by molar-refractivity contribution is 0.361. The molecule has 0 aromatic rings. The van der Waals surface area contributed by atoms with Crippen molar-refractivity contribution in [2.45, 2.75) is 45.1 Å². The van der Waals surface area contributed by atoms with Crippen LogP contribution in [0.25, 0.3) is 0 Å². The molecule has 1 nitrogen and oxygen atoms in total. The minimum atomic E-state index is 0.676. The average molecular weight is 193 g/mol. The van der Waals surface area contributed by atoms with Crippen LogP contribution in [0, 0.1) is 5.92 Å². The van der Waals surface area contributed by atoms with Crippen LogP contribution in [0.4, 0.5) is 0 Å². The fourth-order valence-corrected chi connectivity index (χ4v) is 2.15. The first-order chi connectivity index (χ1) is 6.74. The predicted molar refractivity (Wildman–Crippen MR) is 63.4 cm³/mol. The lowest BCUT2D eigenvalue weighted by Gasteiger charge is -2.21. The summed E-state index contributed by atoms with van der Waals surface area (Å²) in [7, 11) is 0. The van der Waals surface area contributed by atoms with Crippen molar-refractivity contribution in [2.24, 2.45) is 5.92 Å². The van der Waals surface area contributed by atoms with Crippen LogP contribution in [-0.4, -0.2) is 12.6 Å². The largest absolute Gasteiger partial charge is 0.314 e. The fraction of sp³-hybridized carbons (Fsp3) is 0.692. The maximum absolute atomic E-state index is 3.97. The Labute approximate surface area is 88.3 Å². The van der Waals surface area contributed by atoms with Gasteiger partial charge in [0, 0.05) is 6.04 Å². The summed E-state index contributed by atoms with van der Waals surface area (Å²) in [4.78, 5) is 0. The summed E-state index contributed by atoms with van der Waals surface area (Å²) < 4.78 is 0. The Morgan fingerprint density at radius 2 is 2.29 bits per heavy atom. The minimum Gasteiger partial charge on any atom is -0.314 e. The molecule has 80 valence electrons. The molecule has 1 heteroatoms. The van der Waals surface area contributed by atoms with E-state index >= 15 is 0 Å². The zero-order valence-corrected chi connectivity index (χ0v) is 9.39. The van der Waals surface area contributed by atoms with E-state index in [9.17, 15) is 0 Å². The van der Waals surface area contributed by atoms with E-state index in [2.05, 4.69) is 25.4 Å². The Balaban J connectivity index is 2.33. The Hall–Kier alpha value is -0.560. The van der Waals surface area contributed by atoms with Gasteiger partial charge in [0.2, 0.25) is 0 Å². The van der Waals surface area contributed by atoms with Gasteiger partial charge in [-0.1, -0.05) is 31.2 Å². The molecule has 1 fully saturated rings. The molecule has 0 spiro atoms. The molecule has 0 radical (unpaired) electrons. The highest BCUT2D eigenvalue weighted by Gasteiger charge is 2.18.